The molecule has 1 amide bonds. The van der Waals surface area contributed by atoms with Gasteiger partial charge in [0.05, 0.1) is 19.3 Å². The van der Waals surface area contributed by atoms with Crippen molar-refractivity contribution in [2.24, 2.45) is 0 Å². The number of carbonyl (C=O) groups excluding carboxylic acids is 1. The number of nitrogens with one attached hydrogen (secondary N) is 2. The van der Waals surface area contributed by atoms with Crippen LogP contribution < -0.4 is 21.3 Å². The third kappa shape index (κ3) is 6.60. The number of hydrogen-bond acceptors (Lipinski definition) is 10. The van der Waals surface area contributed by atoms with Gasteiger partial charge in [0.2, 0.25) is 5.82 Å². The molecular formula is C29H27N7O7. The molecule has 43 heavy (non-hydrogen) atoms. The highest BCUT2D eigenvalue weighted by Gasteiger charge is 2.35. The summed E-state index contributed by atoms with van der Waals surface area (Å²) in [5.74, 6) is 5.86. The molecule has 4 aromatic rings. The van der Waals surface area contributed by atoms with Gasteiger partial charge < -0.3 is 25.0 Å². The van der Waals surface area contributed by atoms with Crippen LogP contribution in [0.3, 0.4) is 0 Å². The van der Waals surface area contributed by atoms with Gasteiger partial charge in [-0.1, -0.05) is 48.8 Å². The third-order valence-electron chi connectivity index (χ3n) is 6.48. The standard InChI is InChI=1S/C29H27N7O7/c1-2-14-42-23-8-4-3-7-21(23)36-33-26(32-34-36)18-9-11-19(12-10-18)27(39)30-13-5-6-20-16-35(29(41)31-28(20)40)25-15-22(38)24(17-37)43-25/h2-4,7-12,16,22,24-25,37-38H,1,13-15,17H2,(H,30,39)(H,31,40,41)/t22-,24+,25+/m0/s1. The van der Waals surface area contributed by atoms with Crippen molar-refractivity contribution in [1.82, 2.24) is 35.1 Å². The minimum absolute atomic E-state index is 0.0285. The number of carbonyl (C=O) groups is 1. The van der Waals surface area contributed by atoms with Crippen molar-refractivity contribution < 1.29 is 24.5 Å². The Kier molecular flexibility index (Phi) is 8.87. The first kappa shape index (κ1) is 29.1. The van der Waals surface area contributed by atoms with Crippen LogP contribution in [0.1, 0.15) is 28.6 Å². The fourth-order valence-electron chi connectivity index (χ4n) is 4.30. The maximum atomic E-state index is 12.6. The fraction of sp³-hybridized carbons (Fsp3) is 0.241. The number of nitrogens with zero attached hydrogens (tertiary/aromatic N) is 5. The van der Waals surface area contributed by atoms with Gasteiger partial charge in [-0.3, -0.25) is 19.1 Å². The van der Waals surface area contributed by atoms with Gasteiger partial charge in [0.25, 0.3) is 11.5 Å². The zero-order valence-electron chi connectivity index (χ0n) is 22.7. The molecule has 1 aliphatic rings. The first-order chi connectivity index (χ1) is 20.9. The molecule has 14 heteroatoms. The molecule has 220 valence electrons. The topological polar surface area (TPSA) is 186 Å². The normalized spacial score (nSPS) is 17.6. The minimum atomic E-state index is -0.956. The van der Waals surface area contributed by atoms with Crippen molar-refractivity contribution in [3.8, 4) is 34.7 Å². The van der Waals surface area contributed by atoms with Gasteiger partial charge in [-0.15, -0.1) is 15.0 Å². The lowest BCUT2D eigenvalue weighted by atomic mass is 10.1. The number of para-hydroxylation sites is 2. The van der Waals surface area contributed by atoms with E-state index in [1.807, 2.05) is 12.1 Å². The monoisotopic (exact) mass is 585 g/mol. The Hall–Kier alpha value is -5.36. The second-order valence-corrected chi connectivity index (χ2v) is 9.36. The molecule has 2 aromatic carbocycles. The summed E-state index contributed by atoms with van der Waals surface area (Å²) >= 11 is 0. The SMILES string of the molecule is C=CCOc1ccccc1-n1nnc(-c2ccc(C(=O)NCC#Cc3cn([C@H]4C[C@H](O)[C@@H](CO)O4)c(=O)[nH]c3=O)cc2)n1. The molecule has 3 atom stereocenters. The predicted molar refractivity (Wildman–Crippen MR) is 152 cm³/mol. The highest BCUT2D eigenvalue weighted by atomic mass is 16.5. The lowest BCUT2D eigenvalue weighted by molar-refractivity contribution is -0.0459. The number of hydrogen-bond donors (Lipinski definition) is 4. The first-order valence-corrected chi connectivity index (χ1v) is 13.2. The Morgan fingerprint density at radius 3 is 2.77 bits per heavy atom. The Balaban J connectivity index is 1.21. The second-order valence-electron chi connectivity index (χ2n) is 9.36. The largest absolute Gasteiger partial charge is 0.487 e. The Morgan fingerprint density at radius 2 is 2.02 bits per heavy atom. The lowest BCUT2D eigenvalue weighted by Gasteiger charge is -2.14. The van der Waals surface area contributed by atoms with E-state index in [9.17, 15) is 24.6 Å². The van der Waals surface area contributed by atoms with Crippen LogP contribution in [0, 0.1) is 11.8 Å². The summed E-state index contributed by atoms with van der Waals surface area (Å²) in [4.78, 5) is 40.6. The van der Waals surface area contributed by atoms with Gasteiger partial charge in [-0.25, -0.2) is 4.79 Å². The van der Waals surface area contributed by atoms with Crippen LogP contribution in [0.5, 0.6) is 5.75 Å². The van der Waals surface area contributed by atoms with Gasteiger partial charge in [-0.2, -0.15) is 0 Å². The first-order valence-electron chi connectivity index (χ1n) is 13.2. The van der Waals surface area contributed by atoms with Crippen molar-refractivity contribution >= 4 is 5.91 Å². The van der Waals surface area contributed by atoms with E-state index in [0.717, 1.165) is 4.57 Å². The van der Waals surface area contributed by atoms with Crippen LogP contribution in [0.25, 0.3) is 17.1 Å². The van der Waals surface area contributed by atoms with E-state index in [1.165, 1.54) is 11.0 Å². The number of rotatable bonds is 9. The number of aromatic amines is 1. The molecule has 1 fully saturated rings. The average molecular weight is 586 g/mol. The molecule has 0 unspecified atom stereocenters. The van der Waals surface area contributed by atoms with Crippen molar-refractivity contribution in [2.45, 2.75) is 24.9 Å². The molecule has 14 nitrogen and oxygen atoms in total. The summed E-state index contributed by atoms with van der Waals surface area (Å²) in [6.07, 6.45) is 0.266. The number of aliphatic hydroxyl groups excluding tert-OH is 2. The maximum absolute atomic E-state index is 12.6. The summed E-state index contributed by atoms with van der Waals surface area (Å²) in [5, 5.41) is 34.5. The number of ether oxygens (including phenoxy) is 2. The van der Waals surface area contributed by atoms with E-state index in [-0.39, 0.29) is 18.5 Å². The summed E-state index contributed by atoms with van der Waals surface area (Å²) in [5.41, 5.74) is 0.156. The van der Waals surface area contributed by atoms with E-state index >= 15 is 0 Å². The summed E-state index contributed by atoms with van der Waals surface area (Å²) in [7, 11) is 0. The van der Waals surface area contributed by atoms with Gasteiger partial charge in [0, 0.05) is 23.7 Å². The van der Waals surface area contributed by atoms with E-state index in [0.29, 0.717) is 35.0 Å². The smallest absolute Gasteiger partial charge is 0.330 e. The van der Waals surface area contributed by atoms with Crippen LogP contribution in [0.15, 0.2) is 77.0 Å². The molecule has 0 spiro atoms. The van der Waals surface area contributed by atoms with Gasteiger partial charge in [0.15, 0.2) is 0 Å². The van der Waals surface area contributed by atoms with Gasteiger partial charge in [0.1, 0.15) is 35.9 Å². The highest BCUT2D eigenvalue weighted by molar-refractivity contribution is 5.94. The predicted octanol–water partition coefficient (Wildman–Crippen LogP) is 0.166. The lowest BCUT2D eigenvalue weighted by Crippen LogP contribution is -2.33. The number of aromatic nitrogens is 6. The van der Waals surface area contributed by atoms with Crippen molar-refractivity contribution in [1.29, 1.82) is 0 Å². The number of benzene rings is 2. The summed E-state index contributed by atoms with van der Waals surface area (Å²) in [6, 6.07) is 13.9. The molecular weight excluding hydrogens is 558 g/mol. The summed E-state index contributed by atoms with van der Waals surface area (Å²) < 4.78 is 12.2. The average Bonchev–Trinajstić information content (AvgIpc) is 3.66. The molecule has 3 heterocycles. The highest BCUT2D eigenvalue weighted by Crippen LogP contribution is 2.27. The molecule has 0 saturated carbocycles. The van der Waals surface area contributed by atoms with E-state index in [2.05, 4.69) is 44.1 Å². The molecule has 4 N–H and O–H groups in total. The zero-order chi connectivity index (χ0) is 30.3. The quantitative estimate of drug-likeness (QED) is 0.156. The molecule has 0 radical (unpaired) electrons. The van der Waals surface area contributed by atoms with E-state index in [4.69, 9.17) is 9.47 Å². The minimum Gasteiger partial charge on any atom is -0.487 e. The Bertz CT molecular complexity index is 1800. The maximum Gasteiger partial charge on any atom is 0.330 e. The molecule has 0 aliphatic carbocycles. The Labute approximate surface area is 244 Å². The van der Waals surface area contributed by atoms with Crippen molar-refractivity contribution in [3.63, 3.8) is 0 Å². The number of aliphatic hydroxyl groups is 2. The number of H-pyrrole nitrogens is 1. The fourth-order valence-corrected chi connectivity index (χ4v) is 4.30. The Morgan fingerprint density at radius 1 is 1.23 bits per heavy atom. The van der Waals surface area contributed by atoms with Crippen LogP contribution in [0.4, 0.5) is 0 Å². The van der Waals surface area contributed by atoms with Crippen molar-refractivity contribution in [2.75, 3.05) is 19.8 Å². The van der Waals surface area contributed by atoms with E-state index in [1.54, 1.807) is 42.5 Å². The van der Waals surface area contributed by atoms with E-state index < -0.39 is 42.2 Å². The van der Waals surface area contributed by atoms with Crippen molar-refractivity contribution in [3.05, 3.63) is 99.3 Å². The third-order valence-corrected chi connectivity index (χ3v) is 6.48. The number of amides is 1. The molecule has 1 saturated heterocycles. The van der Waals surface area contributed by atoms with Crippen LogP contribution in [-0.4, -0.2) is 77.8 Å². The van der Waals surface area contributed by atoms with Crippen LogP contribution in [0.2, 0.25) is 0 Å². The van der Waals surface area contributed by atoms with Crippen LogP contribution in [-0.2, 0) is 4.74 Å². The van der Waals surface area contributed by atoms with Gasteiger partial charge >= 0.3 is 5.69 Å². The molecule has 0 bridgehead atoms. The molecule has 2 aromatic heterocycles. The summed E-state index contributed by atoms with van der Waals surface area (Å²) in [6.45, 7) is 3.49. The second kappa shape index (κ2) is 13.1. The molecule has 1 aliphatic heterocycles. The zero-order valence-corrected chi connectivity index (χ0v) is 22.7. The number of tetrazole rings is 1. The van der Waals surface area contributed by atoms with Crippen LogP contribution >= 0.6 is 0 Å². The molecule has 5 rings (SSSR count). The van der Waals surface area contributed by atoms with Gasteiger partial charge in [-0.05, 0) is 29.5 Å².